The van der Waals surface area contributed by atoms with Crippen LogP contribution in [0, 0.1) is 0 Å². The van der Waals surface area contributed by atoms with E-state index in [1.807, 2.05) is 0 Å². The van der Waals surface area contributed by atoms with Gasteiger partial charge in [-0.1, -0.05) is 12.1 Å². The standard InChI is InChI=1S/C10H17N3O2S/c1-11-12-8-9-4-6-10(7-5-9)16(14,15)13(2)3/h4-7,11-12H,8H2,1-3H3. The number of hydrazine groups is 1. The molecule has 0 heterocycles. The third-order valence-corrected chi connectivity index (χ3v) is 4.00. The Bertz CT molecular complexity index is 426. The minimum atomic E-state index is -3.32. The maximum absolute atomic E-state index is 11.8. The van der Waals surface area contributed by atoms with Crippen LogP contribution in [0.15, 0.2) is 29.2 Å². The van der Waals surface area contributed by atoms with Gasteiger partial charge in [-0.15, -0.1) is 0 Å². The summed E-state index contributed by atoms with van der Waals surface area (Å²) in [6, 6.07) is 6.81. The van der Waals surface area contributed by atoms with Gasteiger partial charge in [0.25, 0.3) is 0 Å². The van der Waals surface area contributed by atoms with Crippen LogP contribution < -0.4 is 10.9 Å². The molecule has 5 nitrogen and oxygen atoms in total. The molecule has 90 valence electrons. The topological polar surface area (TPSA) is 61.4 Å². The summed E-state index contributed by atoms with van der Waals surface area (Å²) >= 11 is 0. The van der Waals surface area contributed by atoms with E-state index in [9.17, 15) is 8.42 Å². The molecule has 0 bridgehead atoms. The van der Waals surface area contributed by atoms with E-state index in [4.69, 9.17) is 0 Å². The number of nitrogens with one attached hydrogen (secondary N) is 2. The monoisotopic (exact) mass is 243 g/mol. The molecule has 16 heavy (non-hydrogen) atoms. The first kappa shape index (κ1) is 13.1. The summed E-state index contributed by atoms with van der Waals surface area (Å²) in [4.78, 5) is 0.311. The van der Waals surface area contributed by atoms with Gasteiger partial charge in [0.15, 0.2) is 0 Å². The molecular weight excluding hydrogens is 226 g/mol. The van der Waals surface area contributed by atoms with Crippen molar-refractivity contribution in [2.24, 2.45) is 0 Å². The van der Waals surface area contributed by atoms with Crippen molar-refractivity contribution < 1.29 is 8.42 Å². The Morgan fingerprint density at radius 1 is 1.19 bits per heavy atom. The lowest BCUT2D eigenvalue weighted by molar-refractivity contribution is 0.520. The quantitative estimate of drug-likeness (QED) is 0.723. The maximum Gasteiger partial charge on any atom is 0.242 e. The zero-order valence-electron chi connectivity index (χ0n) is 9.69. The predicted octanol–water partition coefficient (Wildman–Crippen LogP) is 0.161. The normalized spacial score (nSPS) is 12.0. The Balaban J connectivity index is 2.87. The van der Waals surface area contributed by atoms with Crippen LogP contribution in [0.2, 0.25) is 0 Å². The molecule has 1 rings (SSSR count). The highest BCUT2D eigenvalue weighted by Crippen LogP contribution is 2.13. The second-order valence-corrected chi connectivity index (χ2v) is 5.69. The molecule has 0 aromatic heterocycles. The van der Waals surface area contributed by atoms with Crippen molar-refractivity contribution in [1.29, 1.82) is 0 Å². The van der Waals surface area contributed by atoms with E-state index in [1.165, 1.54) is 18.4 Å². The zero-order valence-corrected chi connectivity index (χ0v) is 10.5. The first-order chi connectivity index (χ1) is 7.48. The third kappa shape index (κ3) is 3.02. The average molecular weight is 243 g/mol. The van der Waals surface area contributed by atoms with Crippen LogP contribution in [0.4, 0.5) is 0 Å². The molecule has 0 atom stereocenters. The van der Waals surface area contributed by atoms with Crippen LogP contribution in [0.5, 0.6) is 0 Å². The molecule has 1 aromatic rings. The summed E-state index contributed by atoms with van der Waals surface area (Å²) in [7, 11) is 1.51. The molecule has 0 amide bonds. The largest absolute Gasteiger partial charge is 0.261 e. The van der Waals surface area contributed by atoms with Crippen molar-refractivity contribution >= 4 is 10.0 Å². The van der Waals surface area contributed by atoms with Crippen LogP contribution in [0.1, 0.15) is 5.56 Å². The molecule has 0 saturated heterocycles. The van der Waals surface area contributed by atoms with Crippen molar-refractivity contribution in [2.75, 3.05) is 21.1 Å². The lowest BCUT2D eigenvalue weighted by atomic mass is 10.2. The van der Waals surface area contributed by atoms with Gasteiger partial charge in [0.05, 0.1) is 4.90 Å². The summed E-state index contributed by atoms with van der Waals surface area (Å²) < 4.78 is 24.7. The van der Waals surface area contributed by atoms with Crippen LogP contribution >= 0.6 is 0 Å². The Labute approximate surface area is 96.5 Å². The van der Waals surface area contributed by atoms with Gasteiger partial charge in [0.1, 0.15) is 0 Å². The van der Waals surface area contributed by atoms with Crippen LogP contribution in [-0.4, -0.2) is 33.9 Å². The number of hydrogen-bond donors (Lipinski definition) is 2. The molecule has 0 aliphatic carbocycles. The van der Waals surface area contributed by atoms with E-state index in [2.05, 4.69) is 10.9 Å². The van der Waals surface area contributed by atoms with Gasteiger partial charge in [-0.05, 0) is 24.7 Å². The van der Waals surface area contributed by atoms with Gasteiger partial charge in [-0.25, -0.2) is 12.7 Å². The van der Waals surface area contributed by atoms with Crippen molar-refractivity contribution in [2.45, 2.75) is 11.4 Å². The molecule has 0 radical (unpaired) electrons. The number of rotatable bonds is 5. The highest BCUT2D eigenvalue weighted by Gasteiger charge is 2.16. The summed E-state index contributed by atoms with van der Waals surface area (Å²) in [5, 5.41) is 0. The van der Waals surface area contributed by atoms with Gasteiger partial charge < -0.3 is 0 Å². The van der Waals surface area contributed by atoms with Crippen molar-refractivity contribution in [3.63, 3.8) is 0 Å². The molecule has 2 N–H and O–H groups in total. The molecule has 0 spiro atoms. The van der Waals surface area contributed by atoms with Crippen molar-refractivity contribution in [3.05, 3.63) is 29.8 Å². The third-order valence-electron chi connectivity index (χ3n) is 2.17. The molecule has 1 aromatic carbocycles. The van der Waals surface area contributed by atoms with Gasteiger partial charge in [0, 0.05) is 20.6 Å². The molecule has 0 aliphatic rings. The van der Waals surface area contributed by atoms with E-state index in [1.54, 1.807) is 31.3 Å². The van der Waals surface area contributed by atoms with E-state index >= 15 is 0 Å². The van der Waals surface area contributed by atoms with Gasteiger partial charge in [0.2, 0.25) is 10.0 Å². The fourth-order valence-electron chi connectivity index (χ4n) is 1.18. The van der Waals surface area contributed by atoms with Gasteiger partial charge in [-0.3, -0.25) is 10.9 Å². The highest BCUT2D eigenvalue weighted by molar-refractivity contribution is 7.89. The number of hydrogen-bond acceptors (Lipinski definition) is 4. The first-order valence-electron chi connectivity index (χ1n) is 4.89. The van der Waals surface area contributed by atoms with E-state index < -0.39 is 10.0 Å². The lowest BCUT2D eigenvalue weighted by Gasteiger charge is -2.11. The van der Waals surface area contributed by atoms with Crippen LogP contribution in [0.25, 0.3) is 0 Å². The van der Waals surface area contributed by atoms with Crippen molar-refractivity contribution in [1.82, 2.24) is 15.2 Å². The fraction of sp³-hybridized carbons (Fsp3) is 0.400. The molecule has 6 heteroatoms. The van der Waals surface area contributed by atoms with E-state index in [0.29, 0.717) is 11.4 Å². The Morgan fingerprint density at radius 2 is 1.75 bits per heavy atom. The van der Waals surface area contributed by atoms with Crippen LogP contribution in [-0.2, 0) is 16.6 Å². The van der Waals surface area contributed by atoms with Crippen LogP contribution in [0.3, 0.4) is 0 Å². The number of sulfonamides is 1. The molecule has 0 saturated carbocycles. The van der Waals surface area contributed by atoms with E-state index in [0.717, 1.165) is 5.56 Å². The van der Waals surface area contributed by atoms with Crippen molar-refractivity contribution in [3.8, 4) is 0 Å². The molecule has 0 aliphatic heterocycles. The summed E-state index contributed by atoms with van der Waals surface area (Å²) in [6.45, 7) is 0.652. The molecule has 0 unspecified atom stereocenters. The van der Waals surface area contributed by atoms with E-state index in [-0.39, 0.29) is 0 Å². The summed E-state index contributed by atoms with van der Waals surface area (Å²) in [5.74, 6) is 0. The van der Waals surface area contributed by atoms with Gasteiger partial charge >= 0.3 is 0 Å². The Morgan fingerprint density at radius 3 is 2.19 bits per heavy atom. The fourth-order valence-corrected chi connectivity index (χ4v) is 2.08. The highest BCUT2D eigenvalue weighted by atomic mass is 32.2. The molecule has 0 fully saturated rings. The summed E-state index contributed by atoms with van der Waals surface area (Å²) in [5.41, 5.74) is 6.76. The minimum absolute atomic E-state index is 0.311. The number of nitrogens with zero attached hydrogens (tertiary/aromatic N) is 1. The number of benzene rings is 1. The first-order valence-corrected chi connectivity index (χ1v) is 6.33. The lowest BCUT2D eigenvalue weighted by Crippen LogP contribution is -2.26. The maximum atomic E-state index is 11.8. The average Bonchev–Trinajstić information content (AvgIpc) is 2.26. The molecular formula is C10H17N3O2S. The second kappa shape index (κ2) is 5.40. The second-order valence-electron chi connectivity index (χ2n) is 3.53. The zero-order chi connectivity index (χ0) is 12.2. The summed E-state index contributed by atoms with van der Waals surface area (Å²) in [6.07, 6.45) is 0. The predicted molar refractivity (Wildman–Crippen MR) is 63.2 cm³/mol. The minimum Gasteiger partial charge on any atom is -0.261 e. The Hall–Kier alpha value is -0.950. The Kier molecular flexibility index (Phi) is 4.43. The smallest absolute Gasteiger partial charge is 0.242 e. The SMILES string of the molecule is CNNCc1ccc(S(=O)(=O)N(C)C)cc1. The van der Waals surface area contributed by atoms with Gasteiger partial charge in [-0.2, -0.15) is 0 Å².